The van der Waals surface area contributed by atoms with Crippen LogP contribution in [0.15, 0.2) is 18.2 Å². The molecular weight excluding hydrogens is 200 g/mol. The topological polar surface area (TPSA) is 23.5 Å². The highest BCUT2D eigenvalue weighted by Crippen LogP contribution is 2.11. The molecular formula is C11H15F2NO. The van der Waals surface area contributed by atoms with Crippen LogP contribution in [-0.4, -0.2) is 29.7 Å². The summed E-state index contributed by atoms with van der Waals surface area (Å²) < 4.78 is 25.5. The predicted octanol–water partition coefficient (Wildman–Crippen LogP) is 1.78. The highest BCUT2D eigenvalue weighted by molar-refractivity contribution is 5.17. The molecule has 1 atom stereocenters. The van der Waals surface area contributed by atoms with Crippen LogP contribution in [0, 0.1) is 11.6 Å². The van der Waals surface area contributed by atoms with Crippen LogP contribution in [0.5, 0.6) is 0 Å². The fourth-order valence-electron chi connectivity index (χ4n) is 1.22. The number of nitrogens with zero attached hydrogens (tertiary/aromatic N) is 1. The molecule has 0 amide bonds. The lowest BCUT2D eigenvalue weighted by atomic mass is 10.2. The van der Waals surface area contributed by atoms with Gasteiger partial charge in [-0.1, -0.05) is 6.07 Å². The van der Waals surface area contributed by atoms with Crippen molar-refractivity contribution < 1.29 is 13.9 Å². The predicted molar refractivity (Wildman–Crippen MR) is 54.4 cm³/mol. The maximum absolute atomic E-state index is 12.9. The summed E-state index contributed by atoms with van der Waals surface area (Å²) in [4.78, 5) is 1.87. The minimum atomic E-state index is -0.836. The van der Waals surface area contributed by atoms with E-state index < -0.39 is 11.6 Å². The molecule has 4 heteroatoms. The van der Waals surface area contributed by atoms with Crippen LogP contribution >= 0.6 is 0 Å². The molecule has 0 spiro atoms. The Morgan fingerprint density at radius 3 is 2.53 bits per heavy atom. The van der Waals surface area contributed by atoms with Crippen molar-refractivity contribution in [2.45, 2.75) is 19.5 Å². The second-order valence-electron chi connectivity index (χ2n) is 3.70. The summed E-state index contributed by atoms with van der Waals surface area (Å²) in [6, 6.07) is 3.83. The van der Waals surface area contributed by atoms with E-state index in [9.17, 15) is 8.78 Å². The second kappa shape index (κ2) is 5.19. The molecule has 84 valence electrons. The van der Waals surface area contributed by atoms with Crippen molar-refractivity contribution in [3.63, 3.8) is 0 Å². The molecule has 1 N–H and O–H groups in total. The SMILES string of the molecule is CC(CO)N(C)Cc1ccc(F)c(F)c1. The van der Waals surface area contributed by atoms with E-state index in [2.05, 4.69) is 0 Å². The summed E-state index contributed by atoms with van der Waals surface area (Å²) in [7, 11) is 1.82. The highest BCUT2D eigenvalue weighted by atomic mass is 19.2. The quantitative estimate of drug-likeness (QED) is 0.827. The van der Waals surface area contributed by atoms with E-state index in [0.29, 0.717) is 12.1 Å². The molecule has 0 aliphatic heterocycles. The average molecular weight is 215 g/mol. The van der Waals surface area contributed by atoms with Gasteiger partial charge in [0.05, 0.1) is 6.61 Å². The van der Waals surface area contributed by atoms with Crippen LogP contribution in [-0.2, 0) is 6.54 Å². The van der Waals surface area contributed by atoms with E-state index in [1.54, 1.807) is 6.07 Å². The number of hydrogen-bond acceptors (Lipinski definition) is 2. The maximum Gasteiger partial charge on any atom is 0.159 e. The number of hydrogen-bond donors (Lipinski definition) is 1. The van der Waals surface area contributed by atoms with Crippen molar-refractivity contribution in [3.8, 4) is 0 Å². The molecule has 2 nitrogen and oxygen atoms in total. The zero-order chi connectivity index (χ0) is 11.4. The van der Waals surface area contributed by atoms with Crippen molar-refractivity contribution >= 4 is 0 Å². The van der Waals surface area contributed by atoms with E-state index in [1.807, 2.05) is 18.9 Å². The first-order valence-corrected chi connectivity index (χ1v) is 4.79. The number of aliphatic hydroxyl groups is 1. The molecule has 0 heterocycles. The largest absolute Gasteiger partial charge is 0.395 e. The number of aliphatic hydroxyl groups excluding tert-OH is 1. The van der Waals surface area contributed by atoms with Gasteiger partial charge >= 0.3 is 0 Å². The van der Waals surface area contributed by atoms with Crippen molar-refractivity contribution in [1.29, 1.82) is 0 Å². The average Bonchev–Trinajstić information content (AvgIpc) is 2.22. The Kier molecular flexibility index (Phi) is 4.17. The Bertz CT molecular complexity index is 330. The summed E-state index contributed by atoms with van der Waals surface area (Å²) in [5.74, 6) is -1.67. The lowest BCUT2D eigenvalue weighted by Gasteiger charge is -2.22. The van der Waals surface area contributed by atoms with E-state index >= 15 is 0 Å². The van der Waals surface area contributed by atoms with E-state index in [4.69, 9.17) is 5.11 Å². The summed E-state index contributed by atoms with van der Waals surface area (Å²) in [6.45, 7) is 2.39. The fourth-order valence-corrected chi connectivity index (χ4v) is 1.22. The highest BCUT2D eigenvalue weighted by Gasteiger charge is 2.09. The molecule has 0 fully saturated rings. The van der Waals surface area contributed by atoms with E-state index in [0.717, 1.165) is 6.07 Å². The van der Waals surface area contributed by atoms with Gasteiger partial charge in [0, 0.05) is 12.6 Å². The molecule has 15 heavy (non-hydrogen) atoms. The van der Waals surface area contributed by atoms with Crippen molar-refractivity contribution in [2.75, 3.05) is 13.7 Å². The zero-order valence-electron chi connectivity index (χ0n) is 8.87. The van der Waals surface area contributed by atoms with Gasteiger partial charge in [0.25, 0.3) is 0 Å². The van der Waals surface area contributed by atoms with Gasteiger partial charge in [-0.05, 0) is 31.7 Å². The number of rotatable bonds is 4. The molecule has 0 radical (unpaired) electrons. The number of halogens is 2. The normalized spacial score (nSPS) is 13.2. The van der Waals surface area contributed by atoms with Crippen molar-refractivity contribution in [1.82, 2.24) is 4.90 Å². The lowest BCUT2D eigenvalue weighted by Crippen LogP contribution is -2.31. The smallest absolute Gasteiger partial charge is 0.159 e. The maximum atomic E-state index is 12.9. The minimum absolute atomic E-state index is 0.00175. The first-order chi connectivity index (χ1) is 7.04. The van der Waals surface area contributed by atoms with Gasteiger partial charge in [-0.3, -0.25) is 4.90 Å². The van der Waals surface area contributed by atoms with Crippen molar-refractivity contribution in [3.05, 3.63) is 35.4 Å². The lowest BCUT2D eigenvalue weighted by molar-refractivity contribution is 0.154. The Morgan fingerprint density at radius 1 is 1.33 bits per heavy atom. The molecule has 1 aromatic rings. The Hall–Kier alpha value is -1.00. The first-order valence-electron chi connectivity index (χ1n) is 4.79. The first kappa shape index (κ1) is 12.1. The molecule has 1 rings (SSSR count). The molecule has 0 bridgehead atoms. The molecule has 0 aliphatic rings. The summed E-state index contributed by atoms with van der Waals surface area (Å²) in [5, 5.41) is 8.91. The van der Waals surface area contributed by atoms with Crippen LogP contribution in [0.25, 0.3) is 0 Å². The van der Waals surface area contributed by atoms with Gasteiger partial charge in [0.2, 0.25) is 0 Å². The summed E-state index contributed by atoms with van der Waals surface area (Å²) in [6.07, 6.45) is 0. The second-order valence-corrected chi connectivity index (χ2v) is 3.70. The Balaban J connectivity index is 2.68. The number of benzene rings is 1. The van der Waals surface area contributed by atoms with Gasteiger partial charge in [-0.2, -0.15) is 0 Å². The van der Waals surface area contributed by atoms with Gasteiger partial charge < -0.3 is 5.11 Å². The molecule has 0 saturated carbocycles. The summed E-state index contributed by atoms with van der Waals surface area (Å²) >= 11 is 0. The van der Waals surface area contributed by atoms with Crippen LogP contribution in [0.3, 0.4) is 0 Å². The third-order valence-corrected chi connectivity index (χ3v) is 2.43. The van der Waals surface area contributed by atoms with Crippen molar-refractivity contribution in [2.24, 2.45) is 0 Å². The monoisotopic (exact) mass is 215 g/mol. The van der Waals surface area contributed by atoms with Crippen LogP contribution in [0.1, 0.15) is 12.5 Å². The third kappa shape index (κ3) is 3.25. The van der Waals surface area contributed by atoms with Gasteiger partial charge in [0.15, 0.2) is 11.6 Å². The van der Waals surface area contributed by atoms with E-state index in [-0.39, 0.29) is 12.6 Å². The molecule has 0 aromatic heterocycles. The Morgan fingerprint density at radius 2 is 2.00 bits per heavy atom. The third-order valence-electron chi connectivity index (χ3n) is 2.43. The molecule has 1 aromatic carbocycles. The van der Waals surface area contributed by atoms with Gasteiger partial charge in [-0.15, -0.1) is 0 Å². The number of likely N-dealkylation sites (N-methyl/N-ethyl adjacent to an activating group) is 1. The molecule has 0 saturated heterocycles. The Labute approximate surface area is 88.1 Å². The van der Waals surface area contributed by atoms with Gasteiger partial charge in [-0.25, -0.2) is 8.78 Å². The molecule has 0 aliphatic carbocycles. The van der Waals surface area contributed by atoms with Crippen LogP contribution in [0.2, 0.25) is 0 Å². The van der Waals surface area contributed by atoms with Crippen LogP contribution < -0.4 is 0 Å². The zero-order valence-corrected chi connectivity index (χ0v) is 8.87. The van der Waals surface area contributed by atoms with E-state index in [1.165, 1.54) is 6.07 Å². The standard InChI is InChI=1S/C11H15F2NO/c1-8(7-15)14(2)6-9-3-4-10(12)11(13)5-9/h3-5,8,15H,6-7H2,1-2H3. The summed E-state index contributed by atoms with van der Waals surface area (Å²) in [5.41, 5.74) is 0.691. The van der Waals surface area contributed by atoms with Gasteiger partial charge in [0.1, 0.15) is 0 Å². The van der Waals surface area contributed by atoms with Crippen LogP contribution in [0.4, 0.5) is 8.78 Å². The molecule has 1 unspecified atom stereocenters. The minimum Gasteiger partial charge on any atom is -0.395 e. The fraction of sp³-hybridized carbons (Fsp3) is 0.455.